The van der Waals surface area contributed by atoms with Crippen molar-refractivity contribution in [3.63, 3.8) is 0 Å². The van der Waals surface area contributed by atoms with Crippen LogP contribution in [-0.4, -0.2) is 49.1 Å². The Labute approximate surface area is 161 Å². The average Bonchev–Trinajstić information content (AvgIpc) is 2.92. The molecule has 7 heteroatoms. The summed E-state index contributed by atoms with van der Waals surface area (Å²) in [5, 5.41) is 7.84. The fourth-order valence-electron chi connectivity index (χ4n) is 2.71. The summed E-state index contributed by atoms with van der Waals surface area (Å²) in [6.45, 7) is 9.19. The van der Waals surface area contributed by atoms with E-state index in [1.807, 2.05) is 6.20 Å². The summed E-state index contributed by atoms with van der Waals surface area (Å²) in [6.07, 6.45) is 5.79. The van der Waals surface area contributed by atoms with E-state index in [-0.39, 0.29) is 24.0 Å². The third-order valence-corrected chi connectivity index (χ3v) is 4.97. The number of hydrogen-bond acceptors (Lipinski definition) is 4. The van der Waals surface area contributed by atoms with Gasteiger partial charge in [0.15, 0.2) is 5.96 Å². The number of thiazole rings is 1. The van der Waals surface area contributed by atoms with Gasteiger partial charge in [0.2, 0.25) is 0 Å². The standard InChI is InChI=1S/C16H29N5S.HI/c1-4-17-16(20-12-15-19-11-13(2)22-15)18-8-5-14-6-9-21(3)10-7-14;/h11,14H,4-10,12H2,1-3H3,(H2,17,18,20);1H. The van der Waals surface area contributed by atoms with Crippen molar-refractivity contribution < 1.29 is 0 Å². The molecule has 1 aromatic heterocycles. The second kappa shape index (κ2) is 11.2. The molecule has 1 aliphatic rings. The fourth-order valence-corrected chi connectivity index (χ4v) is 3.42. The molecule has 23 heavy (non-hydrogen) atoms. The number of guanidine groups is 1. The molecule has 2 rings (SSSR count). The molecule has 0 aromatic carbocycles. The number of halogens is 1. The van der Waals surface area contributed by atoms with Crippen molar-refractivity contribution in [2.24, 2.45) is 10.9 Å². The number of aliphatic imine (C=N–C) groups is 1. The van der Waals surface area contributed by atoms with Gasteiger partial charge < -0.3 is 15.5 Å². The summed E-state index contributed by atoms with van der Waals surface area (Å²) in [5.41, 5.74) is 0. The lowest BCUT2D eigenvalue weighted by molar-refractivity contribution is 0.213. The first-order valence-electron chi connectivity index (χ1n) is 8.29. The number of nitrogens with zero attached hydrogens (tertiary/aromatic N) is 3. The normalized spacial score (nSPS) is 16.9. The van der Waals surface area contributed by atoms with E-state index in [1.54, 1.807) is 11.3 Å². The van der Waals surface area contributed by atoms with Gasteiger partial charge in [-0.1, -0.05) is 0 Å². The zero-order valence-electron chi connectivity index (χ0n) is 14.5. The van der Waals surface area contributed by atoms with Crippen LogP contribution in [-0.2, 0) is 6.54 Å². The second-order valence-electron chi connectivity index (χ2n) is 6.02. The van der Waals surface area contributed by atoms with Gasteiger partial charge in [0.05, 0.1) is 6.54 Å². The molecule has 1 saturated heterocycles. The Kier molecular flexibility index (Phi) is 10.0. The van der Waals surface area contributed by atoms with Gasteiger partial charge in [0.1, 0.15) is 5.01 Å². The molecule has 0 unspecified atom stereocenters. The van der Waals surface area contributed by atoms with Gasteiger partial charge in [-0.3, -0.25) is 0 Å². The van der Waals surface area contributed by atoms with Crippen LogP contribution >= 0.6 is 35.3 Å². The number of rotatable bonds is 6. The topological polar surface area (TPSA) is 52.6 Å². The zero-order valence-corrected chi connectivity index (χ0v) is 17.6. The largest absolute Gasteiger partial charge is 0.357 e. The van der Waals surface area contributed by atoms with E-state index in [1.165, 1.54) is 37.2 Å². The van der Waals surface area contributed by atoms with Crippen LogP contribution in [0.15, 0.2) is 11.2 Å². The van der Waals surface area contributed by atoms with Crippen molar-refractivity contribution >= 4 is 41.3 Å². The highest BCUT2D eigenvalue weighted by molar-refractivity contribution is 14.0. The molecule has 132 valence electrons. The van der Waals surface area contributed by atoms with Crippen LogP contribution in [0.4, 0.5) is 0 Å². The van der Waals surface area contributed by atoms with Crippen LogP contribution in [0.2, 0.25) is 0 Å². The number of hydrogen-bond donors (Lipinski definition) is 2. The number of piperidine rings is 1. The van der Waals surface area contributed by atoms with Crippen molar-refractivity contribution in [1.82, 2.24) is 20.5 Å². The quantitative estimate of drug-likeness (QED) is 0.397. The maximum atomic E-state index is 4.63. The Morgan fingerprint density at radius 3 is 2.74 bits per heavy atom. The van der Waals surface area contributed by atoms with Gasteiger partial charge in [-0.25, -0.2) is 9.98 Å². The molecular formula is C16H30IN5S. The van der Waals surface area contributed by atoms with Crippen LogP contribution in [0.5, 0.6) is 0 Å². The van der Waals surface area contributed by atoms with Crippen LogP contribution in [0, 0.1) is 12.8 Å². The highest BCUT2D eigenvalue weighted by Crippen LogP contribution is 2.18. The molecule has 0 aliphatic carbocycles. The first-order chi connectivity index (χ1) is 10.7. The summed E-state index contributed by atoms with van der Waals surface area (Å²) in [7, 11) is 2.21. The van der Waals surface area contributed by atoms with Crippen LogP contribution in [0.3, 0.4) is 0 Å². The Bertz CT molecular complexity index is 469. The van der Waals surface area contributed by atoms with E-state index >= 15 is 0 Å². The maximum Gasteiger partial charge on any atom is 0.191 e. The third-order valence-electron chi connectivity index (χ3n) is 4.07. The molecule has 1 aliphatic heterocycles. The van der Waals surface area contributed by atoms with Crippen molar-refractivity contribution in [2.45, 2.75) is 39.7 Å². The summed E-state index contributed by atoms with van der Waals surface area (Å²) in [4.78, 5) is 12.6. The lowest BCUT2D eigenvalue weighted by atomic mass is 9.94. The molecule has 0 spiro atoms. The first kappa shape index (κ1) is 20.6. The molecule has 0 radical (unpaired) electrons. The smallest absolute Gasteiger partial charge is 0.191 e. The minimum Gasteiger partial charge on any atom is -0.357 e. The Balaban J connectivity index is 0.00000264. The van der Waals surface area contributed by atoms with Gasteiger partial charge in [-0.05, 0) is 59.2 Å². The molecule has 1 fully saturated rings. The predicted molar refractivity (Wildman–Crippen MR) is 110 cm³/mol. The first-order valence-corrected chi connectivity index (χ1v) is 9.11. The summed E-state index contributed by atoms with van der Waals surface area (Å²) in [6, 6.07) is 0. The molecule has 0 atom stereocenters. The molecule has 0 bridgehead atoms. The minimum atomic E-state index is 0. The van der Waals surface area contributed by atoms with Crippen LogP contribution in [0.1, 0.15) is 36.1 Å². The second-order valence-corrected chi connectivity index (χ2v) is 7.34. The van der Waals surface area contributed by atoms with Crippen molar-refractivity contribution in [1.29, 1.82) is 0 Å². The van der Waals surface area contributed by atoms with Crippen molar-refractivity contribution in [2.75, 3.05) is 33.2 Å². The van der Waals surface area contributed by atoms with Gasteiger partial charge >= 0.3 is 0 Å². The third kappa shape index (κ3) is 7.80. The van der Waals surface area contributed by atoms with E-state index in [4.69, 9.17) is 0 Å². The number of aryl methyl sites for hydroxylation is 1. The molecular weight excluding hydrogens is 421 g/mol. The minimum absolute atomic E-state index is 0. The van der Waals surface area contributed by atoms with Crippen LogP contribution in [0.25, 0.3) is 0 Å². The molecule has 1 aromatic rings. The Morgan fingerprint density at radius 1 is 1.39 bits per heavy atom. The molecule has 2 N–H and O–H groups in total. The molecule has 0 saturated carbocycles. The highest BCUT2D eigenvalue weighted by Gasteiger charge is 2.16. The van der Waals surface area contributed by atoms with Gasteiger partial charge in [-0.2, -0.15) is 0 Å². The summed E-state index contributed by atoms with van der Waals surface area (Å²) < 4.78 is 0. The van der Waals surface area contributed by atoms with E-state index in [0.717, 1.165) is 30.0 Å². The molecule has 0 amide bonds. The Morgan fingerprint density at radius 2 is 2.13 bits per heavy atom. The highest BCUT2D eigenvalue weighted by atomic mass is 127. The van der Waals surface area contributed by atoms with Gasteiger partial charge in [0, 0.05) is 24.2 Å². The van der Waals surface area contributed by atoms with Gasteiger partial charge in [0.25, 0.3) is 0 Å². The van der Waals surface area contributed by atoms with E-state index in [9.17, 15) is 0 Å². The SMILES string of the molecule is CCNC(=NCc1ncc(C)s1)NCCC1CCN(C)CC1.I. The average molecular weight is 451 g/mol. The maximum absolute atomic E-state index is 4.63. The number of aromatic nitrogens is 1. The van der Waals surface area contributed by atoms with Crippen LogP contribution < -0.4 is 10.6 Å². The van der Waals surface area contributed by atoms with E-state index in [0.29, 0.717) is 6.54 Å². The fraction of sp³-hybridized carbons (Fsp3) is 0.750. The van der Waals surface area contributed by atoms with Gasteiger partial charge in [-0.15, -0.1) is 35.3 Å². The predicted octanol–water partition coefficient (Wildman–Crippen LogP) is 2.86. The monoisotopic (exact) mass is 451 g/mol. The summed E-state index contributed by atoms with van der Waals surface area (Å²) >= 11 is 1.72. The molecule has 5 nitrogen and oxygen atoms in total. The van der Waals surface area contributed by atoms with E-state index < -0.39 is 0 Å². The number of likely N-dealkylation sites (tertiary alicyclic amines) is 1. The lowest BCUT2D eigenvalue weighted by Crippen LogP contribution is -2.39. The number of nitrogens with one attached hydrogen (secondary N) is 2. The summed E-state index contributed by atoms with van der Waals surface area (Å²) in [5.74, 6) is 1.76. The Hall–Kier alpha value is -0.410. The lowest BCUT2D eigenvalue weighted by Gasteiger charge is -2.29. The van der Waals surface area contributed by atoms with E-state index in [2.05, 4.69) is 46.4 Å². The van der Waals surface area contributed by atoms with Crippen molar-refractivity contribution in [3.05, 3.63) is 16.1 Å². The molecule has 2 heterocycles. The van der Waals surface area contributed by atoms with Crippen molar-refractivity contribution in [3.8, 4) is 0 Å². The zero-order chi connectivity index (χ0) is 15.8.